The van der Waals surface area contributed by atoms with Gasteiger partial charge in [0.15, 0.2) is 0 Å². The van der Waals surface area contributed by atoms with E-state index in [1.54, 1.807) is 4.31 Å². The van der Waals surface area contributed by atoms with Gasteiger partial charge in [-0.3, -0.25) is 0 Å². The Labute approximate surface area is 155 Å². The molecule has 1 unspecified atom stereocenters. The third kappa shape index (κ3) is 2.91. The summed E-state index contributed by atoms with van der Waals surface area (Å²) in [5.74, 6) is 2.70. The molecule has 0 aromatic carbocycles. The Morgan fingerprint density at radius 2 is 1.77 bits per heavy atom. The van der Waals surface area contributed by atoms with Crippen molar-refractivity contribution in [1.82, 2.24) is 14.5 Å². The largest absolute Gasteiger partial charge is 0.423 e. The van der Waals surface area contributed by atoms with Crippen molar-refractivity contribution < 1.29 is 12.8 Å². The molecule has 1 atom stereocenters. The molecule has 1 aliphatic heterocycles. The van der Waals surface area contributed by atoms with Gasteiger partial charge in [0.25, 0.3) is 0 Å². The monoisotopic (exact) mass is 379 g/mol. The molecule has 0 amide bonds. The van der Waals surface area contributed by atoms with Crippen molar-refractivity contribution in [3.63, 3.8) is 0 Å². The minimum atomic E-state index is -3.30. The highest BCUT2D eigenvalue weighted by Gasteiger charge is 2.49. The average Bonchev–Trinajstić information content (AvgIpc) is 3.28. The number of nitrogens with zero attached hydrogens (tertiary/aromatic N) is 3. The Morgan fingerprint density at radius 3 is 2.42 bits per heavy atom. The Hall–Kier alpha value is -0.950. The van der Waals surface area contributed by atoms with E-state index in [1.807, 2.05) is 0 Å². The van der Waals surface area contributed by atoms with Crippen molar-refractivity contribution in [2.24, 2.45) is 11.3 Å². The van der Waals surface area contributed by atoms with Crippen LogP contribution in [0.4, 0.5) is 0 Å². The van der Waals surface area contributed by atoms with E-state index in [1.165, 1.54) is 19.3 Å². The summed E-state index contributed by atoms with van der Waals surface area (Å²) in [5.41, 5.74) is 0.0391. The van der Waals surface area contributed by atoms with Gasteiger partial charge >= 0.3 is 0 Å². The van der Waals surface area contributed by atoms with E-state index in [0.717, 1.165) is 57.3 Å². The van der Waals surface area contributed by atoms with Gasteiger partial charge in [0, 0.05) is 12.5 Å². The lowest BCUT2D eigenvalue weighted by Gasteiger charge is -2.36. The summed E-state index contributed by atoms with van der Waals surface area (Å²) < 4.78 is 34.4. The predicted octanol–water partition coefficient (Wildman–Crippen LogP) is 3.77. The normalized spacial score (nSPS) is 35.7. The van der Waals surface area contributed by atoms with Crippen LogP contribution in [-0.4, -0.2) is 35.2 Å². The van der Waals surface area contributed by atoms with Gasteiger partial charge in [-0.05, 0) is 69.1 Å². The lowest BCUT2D eigenvalue weighted by molar-refractivity contribution is 0.206. The second-order valence-electron chi connectivity index (χ2n) is 9.13. The average molecular weight is 380 g/mol. The van der Waals surface area contributed by atoms with Crippen molar-refractivity contribution in [1.29, 1.82) is 0 Å². The van der Waals surface area contributed by atoms with Gasteiger partial charge in [0.05, 0.1) is 5.75 Å². The van der Waals surface area contributed by atoms with Crippen LogP contribution in [-0.2, 0) is 10.0 Å². The summed E-state index contributed by atoms with van der Waals surface area (Å²) in [6, 6.07) is -0.259. The maximum absolute atomic E-state index is 13.4. The summed E-state index contributed by atoms with van der Waals surface area (Å²) in [6.07, 6.45) is 11.9. The van der Waals surface area contributed by atoms with Crippen LogP contribution in [0.3, 0.4) is 0 Å². The maximum atomic E-state index is 13.4. The molecule has 7 heteroatoms. The van der Waals surface area contributed by atoms with Crippen molar-refractivity contribution in [3.05, 3.63) is 11.8 Å². The Kier molecular flexibility index (Phi) is 4.16. The molecular weight excluding hydrogens is 350 g/mol. The third-order valence-electron chi connectivity index (χ3n) is 7.38. The molecule has 0 spiro atoms. The van der Waals surface area contributed by atoms with Crippen molar-refractivity contribution in [3.8, 4) is 0 Å². The molecule has 2 heterocycles. The molecule has 3 aliphatic carbocycles. The van der Waals surface area contributed by atoms with Gasteiger partial charge in [0.2, 0.25) is 21.8 Å². The zero-order chi connectivity index (χ0) is 17.8. The smallest absolute Gasteiger partial charge is 0.234 e. The molecular formula is C19H29N3O3S. The van der Waals surface area contributed by atoms with E-state index in [2.05, 4.69) is 10.2 Å². The van der Waals surface area contributed by atoms with E-state index in [0.29, 0.717) is 30.0 Å². The van der Waals surface area contributed by atoms with Crippen LogP contribution in [0.1, 0.15) is 94.4 Å². The van der Waals surface area contributed by atoms with Crippen molar-refractivity contribution >= 4 is 10.0 Å². The van der Waals surface area contributed by atoms with Crippen molar-refractivity contribution in [2.75, 3.05) is 12.3 Å². The zero-order valence-corrected chi connectivity index (χ0v) is 16.2. The van der Waals surface area contributed by atoms with E-state index in [4.69, 9.17) is 4.42 Å². The molecule has 3 saturated carbocycles. The third-order valence-corrected chi connectivity index (χ3v) is 9.51. The number of sulfonamides is 1. The first kappa shape index (κ1) is 17.2. The summed E-state index contributed by atoms with van der Waals surface area (Å²) in [5, 5.41) is 8.49. The van der Waals surface area contributed by atoms with Crippen LogP contribution in [0.15, 0.2) is 4.42 Å². The molecule has 144 valence electrons. The molecule has 1 saturated heterocycles. The van der Waals surface area contributed by atoms with E-state index in [9.17, 15) is 8.42 Å². The Balaban J connectivity index is 1.37. The number of hydrogen-bond donors (Lipinski definition) is 0. The first-order valence-electron chi connectivity index (χ1n) is 10.4. The Morgan fingerprint density at radius 1 is 1.00 bits per heavy atom. The number of rotatable bonds is 5. The number of aromatic nitrogens is 2. The number of piperidine rings is 1. The standard InChI is InChI=1S/C19H29N3O3S/c23-26(24,13-19-9-7-14(12-19)8-10-19)22-11-2-1-6-16(22)18-21-20-17(25-18)15-4-3-5-15/h14-16H,1-13H2. The van der Waals surface area contributed by atoms with E-state index < -0.39 is 10.0 Å². The zero-order valence-electron chi connectivity index (χ0n) is 15.4. The topological polar surface area (TPSA) is 76.3 Å². The first-order valence-corrected chi connectivity index (χ1v) is 12.0. The fourth-order valence-electron chi connectivity index (χ4n) is 5.67. The summed E-state index contributed by atoms with van der Waals surface area (Å²) >= 11 is 0. The fraction of sp³-hybridized carbons (Fsp3) is 0.895. The quantitative estimate of drug-likeness (QED) is 0.778. The molecule has 4 fully saturated rings. The highest BCUT2D eigenvalue weighted by Crippen LogP contribution is 2.55. The summed E-state index contributed by atoms with van der Waals surface area (Å²) in [7, 11) is -3.30. The molecule has 2 bridgehead atoms. The number of hydrogen-bond acceptors (Lipinski definition) is 5. The predicted molar refractivity (Wildman–Crippen MR) is 97.0 cm³/mol. The number of fused-ring (bicyclic) bond motifs is 2. The maximum Gasteiger partial charge on any atom is 0.234 e. The van der Waals surface area contributed by atoms with Crippen LogP contribution in [0.2, 0.25) is 0 Å². The van der Waals surface area contributed by atoms with Crippen LogP contribution in [0, 0.1) is 11.3 Å². The lowest BCUT2D eigenvalue weighted by atomic mass is 9.85. The second-order valence-corrected chi connectivity index (χ2v) is 11.1. The minimum absolute atomic E-state index is 0.0391. The van der Waals surface area contributed by atoms with Gasteiger partial charge in [-0.1, -0.05) is 12.8 Å². The van der Waals surface area contributed by atoms with Gasteiger partial charge in [-0.15, -0.1) is 10.2 Å². The van der Waals surface area contributed by atoms with Crippen LogP contribution >= 0.6 is 0 Å². The minimum Gasteiger partial charge on any atom is -0.423 e. The molecule has 1 aromatic heterocycles. The molecule has 4 aliphatic rings. The van der Waals surface area contributed by atoms with Crippen LogP contribution in [0.25, 0.3) is 0 Å². The second kappa shape index (κ2) is 6.30. The molecule has 6 nitrogen and oxygen atoms in total. The fourth-order valence-corrected chi connectivity index (χ4v) is 8.01. The van der Waals surface area contributed by atoms with Crippen molar-refractivity contribution in [2.45, 2.75) is 82.6 Å². The molecule has 0 N–H and O–H groups in total. The molecule has 0 radical (unpaired) electrons. The van der Waals surface area contributed by atoms with Gasteiger partial charge < -0.3 is 4.42 Å². The lowest BCUT2D eigenvalue weighted by Crippen LogP contribution is -2.43. The van der Waals surface area contributed by atoms with E-state index in [-0.39, 0.29) is 11.5 Å². The van der Waals surface area contributed by atoms with Gasteiger partial charge in [0.1, 0.15) is 6.04 Å². The first-order chi connectivity index (χ1) is 12.5. The summed E-state index contributed by atoms with van der Waals surface area (Å²) in [6.45, 7) is 0.591. The highest BCUT2D eigenvalue weighted by molar-refractivity contribution is 7.89. The van der Waals surface area contributed by atoms with Crippen LogP contribution < -0.4 is 0 Å². The van der Waals surface area contributed by atoms with E-state index >= 15 is 0 Å². The van der Waals surface area contributed by atoms with Gasteiger partial charge in [-0.2, -0.15) is 4.31 Å². The van der Waals surface area contributed by atoms with Crippen LogP contribution in [0.5, 0.6) is 0 Å². The molecule has 26 heavy (non-hydrogen) atoms. The molecule has 1 aromatic rings. The van der Waals surface area contributed by atoms with Gasteiger partial charge in [-0.25, -0.2) is 8.42 Å². The highest BCUT2D eigenvalue weighted by atomic mass is 32.2. The SMILES string of the molecule is O=S(=O)(CC12CCC(CC1)C2)N1CCCCC1c1nnc(C2CCC2)o1. The molecule has 5 rings (SSSR count). The Bertz CT molecular complexity index is 763. The summed E-state index contributed by atoms with van der Waals surface area (Å²) in [4.78, 5) is 0.